The largest absolute Gasteiger partial charge is 0.422 e. The molecule has 2 aromatic rings. The monoisotopic (exact) mass is 290 g/mol. The maximum Gasteiger partial charge on any atom is 0.322 e. The molecule has 1 heterocycles. The maximum atomic E-state index is 8.70. The van der Waals surface area contributed by atoms with Crippen molar-refractivity contribution in [3.8, 4) is 17.8 Å². The van der Waals surface area contributed by atoms with Crippen LogP contribution in [0, 0.1) is 11.3 Å². The fourth-order valence-corrected chi connectivity index (χ4v) is 1.37. The zero-order valence-corrected chi connectivity index (χ0v) is 10.2. The van der Waals surface area contributed by atoms with Crippen LogP contribution in [0.3, 0.4) is 0 Å². The van der Waals surface area contributed by atoms with Crippen molar-refractivity contribution in [2.24, 2.45) is 0 Å². The zero-order valence-electron chi connectivity index (χ0n) is 8.59. The first-order chi connectivity index (χ1) is 8.19. The van der Waals surface area contributed by atoms with Gasteiger partial charge in [-0.05, 0) is 34.1 Å². The Bertz CT molecular complexity index is 577. The van der Waals surface area contributed by atoms with Crippen LogP contribution < -0.4 is 10.5 Å². The van der Waals surface area contributed by atoms with Crippen molar-refractivity contribution < 1.29 is 4.74 Å². The number of benzene rings is 1. The third kappa shape index (κ3) is 2.71. The second kappa shape index (κ2) is 4.80. The second-order valence-corrected chi connectivity index (χ2v) is 4.07. The van der Waals surface area contributed by atoms with E-state index in [4.69, 9.17) is 15.7 Å². The van der Waals surface area contributed by atoms with Crippen LogP contribution in [0.1, 0.15) is 5.56 Å². The average molecular weight is 291 g/mol. The fraction of sp³-hybridized carbons (Fsp3) is 0. The lowest BCUT2D eigenvalue weighted by Crippen LogP contribution is -1.95. The van der Waals surface area contributed by atoms with Gasteiger partial charge in [0.25, 0.3) is 0 Å². The summed E-state index contributed by atoms with van der Waals surface area (Å²) < 4.78 is 6.15. The summed E-state index contributed by atoms with van der Waals surface area (Å²) in [6, 6.07) is 6.95. The first kappa shape index (κ1) is 11.4. The Labute approximate surface area is 106 Å². The van der Waals surface area contributed by atoms with Gasteiger partial charge < -0.3 is 10.5 Å². The summed E-state index contributed by atoms with van der Waals surface area (Å²) in [6.45, 7) is 0. The molecular weight excluding hydrogens is 284 g/mol. The number of nitrogen functional groups attached to an aromatic ring is 1. The number of rotatable bonds is 2. The topological polar surface area (TPSA) is 84.8 Å². The van der Waals surface area contributed by atoms with Gasteiger partial charge in [-0.15, -0.1) is 0 Å². The Kier molecular flexibility index (Phi) is 3.21. The van der Waals surface area contributed by atoms with Crippen LogP contribution in [-0.4, -0.2) is 9.97 Å². The van der Waals surface area contributed by atoms with Gasteiger partial charge >= 0.3 is 6.01 Å². The molecule has 1 aromatic heterocycles. The predicted molar refractivity (Wildman–Crippen MR) is 65.4 cm³/mol. The van der Waals surface area contributed by atoms with E-state index < -0.39 is 0 Å². The van der Waals surface area contributed by atoms with Gasteiger partial charge in [-0.3, -0.25) is 0 Å². The van der Waals surface area contributed by atoms with Gasteiger partial charge in [-0.2, -0.15) is 5.26 Å². The van der Waals surface area contributed by atoms with E-state index in [1.54, 1.807) is 24.5 Å². The van der Waals surface area contributed by atoms with E-state index in [1.165, 1.54) is 6.07 Å². The second-order valence-electron chi connectivity index (χ2n) is 3.15. The van der Waals surface area contributed by atoms with E-state index in [0.29, 0.717) is 17.0 Å². The lowest BCUT2D eigenvalue weighted by Gasteiger charge is -2.06. The van der Waals surface area contributed by atoms with Gasteiger partial charge in [0.05, 0.1) is 21.8 Å². The third-order valence-corrected chi connectivity index (χ3v) is 2.35. The van der Waals surface area contributed by atoms with E-state index in [2.05, 4.69) is 25.9 Å². The number of nitrogens with zero attached hydrogens (tertiary/aromatic N) is 3. The molecule has 17 heavy (non-hydrogen) atoms. The Morgan fingerprint density at radius 3 is 2.59 bits per heavy atom. The van der Waals surface area contributed by atoms with Gasteiger partial charge in [-0.1, -0.05) is 0 Å². The van der Waals surface area contributed by atoms with Gasteiger partial charge in [-0.25, -0.2) is 9.97 Å². The standard InChI is InChI=1S/C11H7BrN4O/c12-8-5-15-11(16-6-8)17-10-2-1-7(4-13)3-9(10)14/h1-3,5-6H,14H2. The van der Waals surface area contributed by atoms with Gasteiger partial charge in [0.15, 0.2) is 5.75 Å². The minimum Gasteiger partial charge on any atom is -0.422 e. The summed E-state index contributed by atoms with van der Waals surface area (Å²) in [7, 11) is 0. The molecule has 0 atom stereocenters. The quantitative estimate of drug-likeness (QED) is 0.859. The molecule has 2 N–H and O–H groups in total. The van der Waals surface area contributed by atoms with Crippen molar-refractivity contribution in [1.29, 1.82) is 5.26 Å². The van der Waals surface area contributed by atoms with Crippen LogP contribution >= 0.6 is 15.9 Å². The van der Waals surface area contributed by atoms with Crippen LogP contribution in [0.4, 0.5) is 5.69 Å². The Morgan fingerprint density at radius 2 is 2.00 bits per heavy atom. The molecule has 0 aliphatic rings. The van der Waals surface area contributed by atoms with Crippen LogP contribution in [0.5, 0.6) is 11.8 Å². The van der Waals surface area contributed by atoms with Crippen molar-refractivity contribution in [3.05, 3.63) is 40.6 Å². The highest BCUT2D eigenvalue weighted by Crippen LogP contribution is 2.26. The van der Waals surface area contributed by atoms with Crippen molar-refractivity contribution >= 4 is 21.6 Å². The molecule has 1 aromatic carbocycles. The number of ether oxygens (including phenoxy) is 1. The fourth-order valence-electron chi connectivity index (χ4n) is 1.16. The smallest absolute Gasteiger partial charge is 0.322 e. The Balaban J connectivity index is 2.25. The van der Waals surface area contributed by atoms with E-state index >= 15 is 0 Å². The first-order valence-electron chi connectivity index (χ1n) is 4.64. The maximum absolute atomic E-state index is 8.70. The number of halogens is 1. The van der Waals surface area contributed by atoms with Crippen molar-refractivity contribution in [2.75, 3.05) is 5.73 Å². The molecule has 0 amide bonds. The van der Waals surface area contributed by atoms with Gasteiger partial charge in [0.1, 0.15) is 0 Å². The van der Waals surface area contributed by atoms with Gasteiger partial charge in [0, 0.05) is 12.4 Å². The molecule has 0 saturated carbocycles. The summed E-state index contributed by atoms with van der Waals surface area (Å²) in [5.74, 6) is 0.423. The van der Waals surface area contributed by atoms with Crippen LogP contribution in [0.25, 0.3) is 0 Å². The summed E-state index contributed by atoms with van der Waals surface area (Å²) in [4.78, 5) is 7.91. The molecule has 84 valence electrons. The first-order valence-corrected chi connectivity index (χ1v) is 5.43. The molecular formula is C11H7BrN4O. The molecule has 2 rings (SSSR count). The number of hydrogen-bond donors (Lipinski definition) is 1. The molecule has 0 bridgehead atoms. The summed E-state index contributed by atoms with van der Waals surface area (Å²) in [6.07, 6.45) is 3.14. The van der Waals surface area contributed by atoms with Crippen molar-refractivity contribution in [3.63, 3.8) is 0 Å². The predicted octanol–water partition coefficient (Wildman–Crippen LogP) is 2.49. The van der Waals surface area contributed by atoms with Gasteiger partial charge in [0.2, 0.25) is 0 Å². The van der Waals surface area contributed by atoms with Crippen LogP contribution in [-0.2, 0) is 0 Å². The number of nitriles is 1. The molecule has 0 aliphatic heterocycles. The number of aromatic nitrogens is 2. The van der Waals surface area contributed by atoms with E-state index in [9.17, 15) is 0 Å². The van der Waals surface area contributed by atoms with E-state index in [0.717, 1.165) is 4.47 Å². The Hall–Kier alpha value is -2.13. The molecule has 5 nitrogen and oxygen atoms in total. The highest BCUT2D eigenvalue weighted by atomic mass is 79.9. The normalized spacial score (nSPS) is 9.65. The Morgan fingerprint density at radius 1 is 1.29 bits per heavy atom. The van der Waals surface area contributed by atoms with E-state index in [1.807, 2.05) is 6.07 Å². The lowest BCUT2D eigenvalue weighted by atomic mass is 10.2. The lowest BCUT2D eigenvalue weighted by molar-refractivity contribution is 0.443. The molecule has 0 radical (unpaired) electrons. The molecule has 0 saturated heterocycles. The number of anilines is 1. The highest BCUT2D eigenvalue weighted by Gasteiger charge is 2.05. The zero-order chi connectivity index (χ0) is 12.3. The number of hydrogen-bond acceptors (Lipinski definition) is 5. The third-order valence-electron chi connectivity index (χ3n) is 1.94. The number of nitrogens with two attached hydrogens (primary N) is 1. The molecule has 0 fully saturated rings. The molecule has 0 unspecified atom stereocenters. The minimum atomic E-state index is 0.199. The van der Waals surface area contributed by atoms with Crippen molar-refractivity contribution in [1.82, 2.24) is 9.97 Å². The minimum absolute atomic E-state index is 0.199. The molecule has 0 spiro atoms. The van der Waals surface area contributed by atoms with E-state index in [-0.39, 0.29) is 6.01 Å². The molecule has 6 heteroatoms. The van der Waals surface area contributed by atoms with Crippen LogP contribution in [0.2, 0.25) is 0 Å². The SMILES string of the molecule is N#Cc1ccc(Oc2ncc(Br)cn2)c(N)c1. The summed E-state index contributed by atoms with van der Waals surface area (Å²) in [5, 5.41) is 8.70. The van der Waals surface area contributed by atoms with Crippen molar-refractivity contribution in [2.45, 2.75) is 0 Å². The summed E-state index contributed by atoms with van der Waals surface area (Å²) >= 11 is 3.22. The average Bonchev–Trinajstić information content (AvgIpc) is 2.34. The summed E-state index contributed by atoms with van der Waals surface area (Å²) in [5.41, 5.74) is 6.58. The van der Waals surface area contributed by atoms with Crippen LogP contribution in [0.15, 0.2) is 35.1 Å². The highest BCUT2D eigenvalue weighted by molar-refractivity contribution is 9.10. The molecule has 0 aliphatic carbocycles.